The van der Waals surface area contributed by atoms with Gasteiger partial charge in [-0.05, 0) is 37.1 Å². The molecule has 0 radical (unpaired) electrons. The van der Waals surface area contributed by atoms with Crippen LogP contribution in [0, 0.1) is 0 Å². The molecule has 0 saturated carbocycles. The fraction of sp³-hybridized carbons (Fsp3) is 0.619. The number of piperazine rings is 1. The number of benzene rings is 1. The first kappa shape index (κ1) is 21.5. The van der Waals surface area contributed by atoms with Gasteiger partial charge in [0.05, 0.1) is 6.54 Å². The molecule has 0 atom stereocenters. The van der Waals surface area contributed by atoms with Crippen LogP contribution in [-0.4, -0.2) is 78.1 Å². The lowest BCUT2D eigenvalue weighted by molar-refractivity contribution is -0.134. The molecule has 154 valence electrons. The van der Waals surface area contributed by atoms with E-state index in [1.54, 1.807) is 11.8 Å². The second-order valence-corrected chi connectivity index (χ2v) is 9.11. The lowest BCUT2D eigenvalue weighted by atomic mass is 10.2. The number of halogens is 1. The average Bonchev–Trinajstić information content (AvgIpc) is 2.99. The SMILES string of the molecule is O=C(CCSc1ccc(Cl)cc1)N1CCN(CC(=O)N2CCCCCC2)CC1. The summed E-state index contributed by atoms with van der Waals surface area (Å²) in [6.07, 6.45) is 5.27. The summed E-state index contributed by atoms with van der Waals surface area (Å²) in [5, 5.41) is 0.729. The molecule has 5 nitrogen and oxygen atoms in total. The summed E-state index contributed by atoms with van der Waals surface area (Å²) in [4.78, 5) is 32.3. The molecule has 2 amide bonds. The molecule has 0 aliphatic carbocycles. The third-order valence-electron chi connectivity index (χ3n) is 5.44. The lowest BCUT2D eigenvalue weighted by Crippen LogP contribution is -2.51. The van der Waals surface area contributed by atoms with Crippen molar-refractivity contribution in [2.24, 2.45) is 0 Å². The van der Waals surface area contributed by atoms with Crippen LogP contribution >= 0.6 is 23.4 Å². The van der Waals surface area contributed by atoms with E-state index in [4.69, 9.17) is 11.6 Å². The molecular weight excluding hydrogens is 394 g/mol. The third kappa shape index (κ3) is 6.68. The molecule has 0 aromatic heterocycles. The van der Waals surface area contributed by atoms with Gasteiger partial charge in [-0.25, -0.2) is 0 Å². The fourth-order valence-electron chi connectivity index (χ4n) is 3.71. The van der Waals surface area contributed by atoms with Gasteiger partial charge in [0.25, 0.3) is 0 Å². The molecule has 2 fully saturated rings. The van der Waals surface area contributed by atoms with E-state index in [0.29, 0.717) is 13.0 Å². The standard InChI is InChI=1S/C21H30ClN3O2S/c22-18-5-7-19(8-6-18)28-16-9-20(26)25-14-12-23(13-15-25)17-21(27)24-10-3-1-2-4-11-24/h5-8H,1-4,9-17H2. The highest BCUT2D eigenvalue weighted by Gasteiger charge is 2.24. The Morgan fingerprint density at radius 2 is 1.43 bits per heavy atom. The molecule has 2 aliphatic rings. The summed E-state index contributed by atoms with van der Waals surface area (Å²) < 4.78 is 0. The maximum Gasteiger partial charge on any atom is 0.236 e. The first-order valence-electron chi connectivity index (χ1n) is 10.3. The van der Waals surface area contributed by atoms with Gasteiger partial charge >= 0.3 is 0 Å². The predicted molar refractivity (Wildman–Crippen MR) is 115 cm³/mol. The smallest absolute Gasteiger partial charge is 0.236 e. The lowest BCUT2D eigenvalue weighted by Gasteiger charge is -2.35. The molecule has 3 rings (SSSR count). The summed E-state index contributed by atoms with van der Waals surface area (Å²) in [5.74, 6) is 1.23. The maximum absolute atomic E-state index is 12.5. The Labute approximate surface area is 177 Å². The molecule has 2 heterocycles. The van der Waals surface area contributed by atoms with Gasteiger partial charge < -0.3 is 9.80 Å². The van der Waals surface area contributed by atoms with Crippen LogP contribution in [0.25, 0.3) is 0 Å². The minimum Gasteiger partial charge on any atom is -0.342 e. The van der Waals surface area contributed by atoms with Crippen LogP contribution in [0.1, 0.15) is 32.1 Å². The van der Waals surface area contributed by atoms with Gasteiger partial charge in [0, 0.05) is 61.4 Å². The van der Waals surface area contributed by atoms with Crippen molar-refractivity contribution >= 4 is 35.2 Å². The molecule has 28 heavy (non-hydrogen) atoms. The van der Waals surface area contributed by atoms with E-state index < -0.39 is 0 Å². The Morgan fingerprint density at radius 3 is 2.07 bits per heavy atom. The van der Waals surface area contributed by atoms with E-state index in [1.165, 1.54) is 12.8 Å². The van der Waals surface area contributed by atoms with E-state index >= 15 is 0 Å². The Morgan fingerprint density at radius 1 is 0.821 bits per heavy atom. The van der Waals surface area contributed by atoms with E-state index in [1.807, 2.05) is 34.1 Å². The Hall–Kier alpha value is -1.24. The zero-order chi connectivity index (χ0) is 19.8. The van der Waals surface area contributed by atoms with Gasteiger partial charge in [-0.1, -0.05) is 24.4 Å². The quantitative estimate of drug-likeness (QED) is 0.658. The van der Waals surface area contributed by atoms with Gasteiger partial charge in [0.1, 0.15) is 0 Å². The van der Waals surface area contributed by atoms with E-state index in [0.717, 1.165) is 67.8 Å². The predicted octanol–water partition coefficient (Wildman–Crippen LogP) is 3.37. The zero-order valence-corrected chi connectivity index (χ0v) is 18.0. The molecule has 0 unspecified atom stereocenters. The van der Waals surface area contributed by atoms with E-state index in [-0.39, 0.29) is 11.8 Å². The minimum atomic E-state index is 0.208. The van der Waals surface area contributed by atoms with Crippen LogP contribution in [0.2, 0.25) is 5.02 Å². The van der Waals surface area contributed by atoms with Crippen LogP contribution in [0.5, 0.6) is 0 Å². The van der Waals surface area contributed by atoms with Crippen molar-refractivity contribution in [2.75, 3.05) is 51.6 Å². The summed E-state index contributed by atoms with van der Waals surface area (Å²) in [5.41, 5.74) is 0. The summed E-state index contributed by atoms with van der Waals surface area (Å²) >= 11 is 7.58. The highest BCUT2D eigenvalue weighted by Crippen LogP contribution is 2.21. The van der Waals surface area contributed by atoms with Crippen LogP contribution in [0.4, 0.5) is 0 Å². The number of hydrogen-bond acceptors (Lipinski definition) is 4. The number of hydrogen-bond donors (Lipinski definition) is 0. The van der Waals surface area contributed by atoms with Crippen LogP contribution < -0.4 is 0 Å². The first-order valence-corrected chi connectivity index (χ1v) is 11.6. The number of amides is 2. The number of nitrogens with zero attached hydrogens (tertiary/aromatic N) is 3. The number of carbonyl (C=O) groups is 2. The molecule has 1 aromatic carbocycles. The average molecular weight is 424 g/mol. The summed E-state index contributed by atoms with van der Waals surface area (Å²) in [6, 6.07) is 7.71. The van der Waals surface area contributed by atoms with Crippen molar-refractivity contribution in [1.82, 2.24) is 14.7 Å². The molecule has 0 N–H and O–H groups in total. The van der Waals surface area contributed by atoms with Gasteiger partial charge in [-0.15, -0.1) is 11.8 Å². The Kier molecular flexibility index (Phi) is 8.49. The monoisotopic (exact) mass is 423 g/mol. The fourth-order valence-corrected chi connectivity index (χ4v) is 4.68. The molecule has 0 spiro atoms. The highest BCUT2D eigenvalue weighted by atomic mass is 35.5. The molecule has 2 saturated heterocycles. The van der Waals surface area contributed by atoms with Gasteiger partial charge in [-0.2, -0.15) is 0 Å². The second-order valence-electron chi connectivity index (χ2n) is 7.50. The molecule has 1 aromatic rings. The first-order chi connectivity index (χ1) is 13.6. The highest BCUT2D eigenvalue weighted by molar-refractivity contribution is 7.99. The normalized spacial score (nSPS) is 18.8. The van der Waals surface area contributed by atoms with E-state index in [9.17, 15) is 9.59 Å². The third-order valence-corrected chi connectivity index (χ3v) is 6.71. The minimum absolute atomic E-state index is 0.208. The van der Waals surface area contributed by atoms with Crippen LogP contribution in [-0.2, 0) is 9.59 Å². The van der Waals surface area contributed by atoms with Crippen LogP contribution in [0.15, 0.2) is 29.2 Å². The van der Waals surface area contributed by atoms with Gasteiger partial charge in [-0.3, -0.25) is 14.5 Å². The van der Waals surface area contributed by atoms with Crippen molar-refractivity contribution in [3.8, 4) is 0 Å². The number of thioether (sulfide) groups is 1. The maximum atomic E-state index is 12.5. The van der Waals surface area contributed by atoms with Gasteiger partial charge in [0.15, 0.2) is 0 Å². The summed E-state index contributed by atoms with van der Waals surface area (Å²) in [7, 11) is 0. The summed E-state index contributed by atoms with van der Waals surface area (Å²) in [6.45, 7) is 5.32. The van der Waals surface area contributed by atoms with Gasteiger partial charge in [0.2, 0.25) is 11.8 Å². The van der Waals surface area contributed by atoms with Crippen molar-refractivity contribution in [2.45, 2.75) is 37.0 Å². The molecule has 2 aliphatic heterocycles. The van der Waals surface area contributed by atoms with Crippen molar-refractivity contribution in [3.05, 3.63) is 29.3 Å². The largest absolute Gasteiger partial charge is 0.342 e. The number of likely N-dealkylation sites (tertiary alicyclic amines) is 1. The van der Waals surface area contributed by atoms with Crippen molar-refractivity contribution < 1.29 is 9.59 Å². The molecular formula is C21H30ClN3O2S. The molecule has 7 heteroatoms. The van der Waals surface area contributed by atoms with Crippen molar-refractivity contribution in [3.63, 3.8) is 0 Å². The number of carbonyl (C=O) groups excluding carboxylic acids is 2. The zero-order valence-electron chi connectivity index (χ0n) is 16.4. The Balaban J connectivity index is 1.34. The topological polar surface area (TPSA) is 43.9 Å². The van der Waals surface area contributed by atoms with E-state index in [2.05, 4.69) is 4.90 Å². The number of rotatable bonds is 6. The molecule has 0 bridgehead atoms. The second kappa shape index (κ2) is 11.1. The van der Waals surface area contributed by atoms with Crippen molar-refractivity contribution in [1.29, 1.82) is 0 Å². The Bertz CT molecular complexity index is 640. The van der Waals surface area contributed by atoms with Crippen LogP contribution in [0.3, 0.4) is 0 Å².